The highest BCUT2D eigenvalue weighted by Crippen LogP contribution is 2.21. The Morgan fingerprint density at radius 3 is 2.80 bits per heavy atom. The number of nitrogens with one attached hydrogen (secondary N) is 1. The third kappa shape index (κ3) is 5.73. The maximum Gasteiger partial charge on any atom is 0.322 e. The third-order valence-corrected chi connectivity index (χ3v) is 6.38. The number of amides is 1. The predicted octanol–water partition coefficient (Wildman–Crippen LogP) is 4.81. The summed E-state index contributed by atoms with van der Waals surface area (Å²) in [6.07, 6.45) is 7.26. The first-order valence-electron chi connectivity index (χ1n) is 11.3. The Kier molecular flexibility index (Phi) is 7.52. The quantitative estimate of drug-likeness (QED) is 0.313. The minimum atomic E-state index is -1.09. The summed E-state index contributed by atoms with van der Waals surface area (Å²) in [6.45, 7) is 2.08. The molecule has 0 saturated carbocycles. The Morgan fingerprint density at radius 1 is 1.14 bits per heavy atom. The van der Waals surface area contributed by atoms with Gasteiger partial charge in [-0.3, -0.25) is 14.4 Å². The highest BCUT2D eigenvalue weighted by Gasteiger charge is 2.15. The van der Waals surface area contributed by atoms with Crippen molar-refractivity contribution in [2.75, 3.05) is 6.54 Å². The number of benzene rings is 2. The van der Waals surface area contributed by atoms with Gasteiger partial charge in [-0.2, -0.15) is 0 Å². The zero-order chi connectivity index (χ0) is 24.8. The molecule has 2 heterocycles. The number of aryl methyl sites for hydroxylation is 1. The van der Waals surface area contributed by atoms with Crippen molar-refractivity contribution in [3.63, 3.8) is 0 Å². The first kappa shape index (κ1) is 24.1. The van der Waals surface area contributed by atoms with Crippen LogP contribution in [0.1, 0.15) is 50.9 Å². The Morgan fingerprint density at radius 2 is 2.00 bits per heavy atom. The Bertz CT molecular complexity index is 1420. The molecule has 4 rings (SSSR count). The number of nitrogens with zero attached hydrogens (tertiary/aromatic N) is 2. The van der Waals surface area contributed by atoms with E-state index < -0.39 is 18.4 Å². The Balaban J connectivity index is 1.50. The molecule has 0 atom stereocenters. The summed E-state index contributed by atoms with van der Waals surface area (Å²) in [4.78, 5) is 40.8. The van der Waals surface area contributed by atoms with E-state index in [-0.39, 0.29) is 5.78 Å². The van der Waals surface area contributed by atoms with E-state index in [1.165, 1.54) is 11.3 Å². The number of carbonyl (C=O) groups excluding carboxylic acids is 2. The molecular weight excluding hydrogens is 462 g/mol. The summed E-state index contributed by atoms with van der Waals surface area (Å²) >= 11 is 1.54. The molecule has 0 aliphatic heterocycles. The molecule has 0 unspecified atom stereocenters. The molecule has 2 N–H and O–H groups in total. The van der Waals surface area contributed by atoms with Crippen molar-refractivity contribution in [1.82, 2.24) is 14.9 Å². The Hall–Kier alpha value is -4.04. The molecule has 0 spiro atoms. The predicted molar refractivity (Wildman–Crippen MR) is 137 cm³/mol. The van der Waals surface area contributed by atoms with Gasteiger partial charge in [0.25, 0.3) is 5.91 Å². The molecule has 0 radical (unpaired) electrons. The van der Waals surface area contributed by atoms with Gasteiger partial charge in [-0.25, -0.2) is 4.98 Å². The second kappa shape index (κ2) is 10.9. The van der Waals surface area contributed by atoms with E-state index in [0.717, 1.165) is 34.2 Å². The van der Waals surface area contributed by atoms with Crippen molar-refractivity contribution in [3.8, 4) is 0 Å². The van der Waals surface area contributed by atoms with E-state index in [1.54, 1.807) is 17.6 Å². The largest absolute Gasteiger partial charge is 0.480 e. The second-order valence-electron chi connectivity index (χ2n) is 8.06. The number of hydrogen-bond acceptors (Lipinski definition) is 5. The van der Waals surface area contributed by atoms with Crippen LogP contribution in [0.4, 0.5) is 0 Å². The number of ketones is 1. The monoisotopic (exact) mass is 487 g/mol. The molecule has 0 aliphatic carbocycles. The molecule has 0 saturated heterocycles. The first-order valence-corrected chi connectivity index (χ1v) is 12.2. The van der Waals surface area contributed by atoms with Gasteiger partial charge in [-0.05, 0) is 53.9 Å². The lowest BCUT2D eigenvalue weighted by Gasteiger charge is -2.10. The smallest absolute Gasteiger partial charge is 0.322 e. The van der Waals surface area contributed by atoms with Crippen LogP contribution in [-0.4, -0.2) is 38.9 Å². The van der Waals surface area contributed by atoms with E-state index in [2.05, 4.69) is 10.3 Å². The van der Waals surface area contributed by atoms with E-state index >= 15 is 0 Å². The van der Waals surface area contributed by atoms with Crippen molar-refractivity contribution in [1.29, 1.82) is 0 Å². The fraction of sp³-hybridized carbons (Fsp3) is 0.185. The maximum absolute atomic E-state index is 13.1. The third-order valence-electron chi connectivity index (χ3n) is 5.57. The van der Waals surface area contributed by atoms with Crippen molar-refractivity contribution in [3.05, 3.63) is 94.3 Å². The molecule has 4 aromatic rings. The van der Waals surface area contributed by atoms with Crippen molar-refractivity contribution < 1.29 is 19.5 Å². The van der Waals surface area contributed by atoms with Crippen molar-refractivity contribution in [2.24, 2.45) is 0 Å². The second-order valence-corrected chi connectivity index (χ2v) is 8.94. The zero-order valence-electron chi connectivity index (χ0n) is 19.2. The number of carboxylic acid groups (broad SMARTS) is 1. The number of aliphatic carboxylic acids is 1. The van der Waals surface area contributed by atoms with Crippen LogP contribution < -0.4 is 5.32 Å². The van der Waals surface area contributed by atoms with Gasteiger partial charge in [0.2, 0.25) is 5.78 Å². The molecule has 0 fully saturated rings. The summed E-state index contributed by atoms with van der Waals surface area (Å²) < 4.78 is 2.91. The number of thiazole rings is 1. The molecule has 2 aromatic heterocycles. The van der Waals surface area contributed by atoms with Gasteiger partial charge in [-0.1, -0.05) is 37.6 Å². The molecule has 8 heteroatoms. The number of allylic oxidation sites excluding steroid dienone is 1. The summed E-state index contributed by atoms with van der Waals surface area (Å²) in [5, 5.41) is 11.3. The minimum Gasteiger partial charge on any atom is -0.480 e. The molecule has 0 bridgehead atoms. The normalized spacial score (nSPS) is 11.2. The SMILES string of the molecule is CCCc1ccc(/C=C/Cn2cccc2C(=O)c2ccc3scnc3c2)cc1C(=O)NCC(=O)O. The molecule has 1 amide bonds. The fourth-order valence-corrected chi connectivity index (χ4v) is 4.54. The average molecular weight is 488 g/mol. The van der Waals surface area contributed by atoms with Gasteiger partial charge in [0, 0.05) is 23.9 Å². The van der Waals surface area contributed by atoms with Gasteiger partial charge >= 0.3 is 5.97 Å². The van der Waals surface area contributed by atoms with Crippen LogP contribution in [0.25, 0.3) is 16.3 Å². The lowest BCUT2D eigenvalue weighted by Crippen LogP contribution is -2.30. The van der Waals surface area contributed by atoms with Crippen LogP contribution in [-0.2, 0) is 17.8 Å². The molecule has 0 aliphatic rings. The van der Waals surface area contributed by atoms with Crippen molar-refractivity contribution >= 4 is 45.3 Å². The first-order chi connectivity index (χ1) is 17.0. The minimum absolute atomic E-state index is 0.0698. The van der Waals surface area contributed by atoms with Gasteiger partial charge < -0.3 is 15.0 Å². The number of carboxylic acids is 1. The standard InChI is InChI=1S/C27H25N3O4S/c1-2-5-19-9-8-18(14-21(19)27(34)28-16-25(31)32)6-3-12-30-13-4-7-23(30)26(33)20-10-11-24-22(15-20)29-17-35-24/h3-4,6-11,13-15,17H,2,5,12,16H2,1H3,(H,28,34)(H,31,32)/b6-3+. The van der Waals surface area contributed by atoms with E-state index in [0.29, 0.717) is 23.4 Å². The van der Waals surface area contributed by atoms with E-state index in [9.17, 15) is 14.4 Å². The van der Waals surface area contributed by atoms with E-state index in [1.807, 2.05) is 66.2 Å². The molecule has 2 aromatic carbocycles. The van der Waals surface area contributed by atoms with Crippen LogP contribution in [0, 0.1) is 0 Å². The highest BCUT2D eigenvalue weighted by molar-refractivity contribution is 7.16. The number of carbonyl (C=O) groups is 3. The molecular formula is C27H25N3O4S. The van der Waals surface area contributed by atoms with Crippen LogP contribution >= 0.6 is 11.3 Å². The lowest BCUT2D eigenvalue weighted by molar-refractivity contribution is -0.135. The summed E-state index contributed by atoms with van der Waals surface area (Å²) in [5.74, 6) is -1.56. The number of rotatable bonds is 10. The molecule has 7 nitrogen and oxygen atoms in total. The maximum atomic E-state index is 13.1. The number of fused-ring (bicyclic) bond motifs is 1. The van der Waals surface area contributed by atoms with Crippen LogP contribution in [0.5, 0.6) is 0 Å². The number of aromatic nitrogens is 2. The number of hydrogen-bond donors (Lipinski definition) is 2. The molecule has 178 valence electrons. The van der Waals surface area contributed by atoms with Crippen LogP contribution in [0.3, 0.4) is 0 Å². The fourth-order valence-electron chi connectivity index (χ4n) is 3.88. The summed E-state index contributed by atoms with van der Waals surface area (Å²) in [5.41, 5.74) is 5.93. The Labute approximate surface area is 206 Å². The topological polar surface area (TPSA) is 101 Å². The van der Waals surface area contributed by atoms with Crippen LogP contribution in [0.15, 0.2) is 66.3 Å². The van der Waals surface area contributed by atoms with Crippen LogP contribution in [0.2, 0.25) is 0 Å². The molecule has 35 heavy (non-hydrogen) atoms. The van der Waals surface area contributed by atoms with Crippen molar-refractivity contribution in [2.45, 2.75) is 26.3 Å². The zero-order valence-corrected chi connectivity index (χ0v) is 20.0. The van der Waals surface area contributed by atoms with Gasteiger partial charge in [0.15, 0.2) is 0 Å². The summed E-state index contributed by atoms with van der Waals surface area (Å²) in [7, 11) is 0. The summed E-state index contributed by atoms with van der Waals surface area (Å²) in [6, 6.07) is 14.8. The van der Waals surface area contributed by atoms with Gasteiger partial charge in [0.1, 0.15) is 6.54 Å². The highest BCUT2D eigenvalue weighted by atomic mass is 32.1. The van der Waals surface area contributed by atoms with Gasteiger partial charge in [0.05, 0.1) is 21.4 Å². The van der Waals surface area contributed by atoms with Gasteiger partial charge in [-0.15, -0.1) is 11.3 Å². The average Bonchev–Trinajstić information content (AvgIpc) is 3.52. The van der Waals surface area contributed by atoms with E-state index in [4.69, 9.17) is 5.11 Å². The lowest BCUT2D eigenvalue weighted by atomic mass is 9.99.